The van der Waals surface area contributed by atoms with Crippen molar-refractivity contribution in [3.05, 3.63) is 24.2 Å². The van der Waals surface area contributed by atoms with E-state index in [2.05, 4.69) is 11.4 Å². The highest BCUT2D eigenvalue weighted by atomic mass is 16.3. The molecule has 1 unspecified atom stereocenters. The second-order valence-electron chi connectivity index (χ2n) is 4.81. The number of carbonyl (C=O) groups excluding carboxylic acids is 1. The summed E-state index contributed by atoms with van der Waals surface area (Å²) in [5, 5.41) is 12.1. The highest BCUT2D eigenvalue weighted by molar-refractivity contribution is 5.81. The summed E-state index contributed by atoms with van der Waals surface area (Å²) in [6, 6.07) is 5.86. The van der Waals surface area contributed by atoms with Crippen molar-refractivity contribution < 1.29 is 9.21 Å². The topological polar surface area (TPSA) is 66.0 Å². The SMILES string of the molecule is N#CC(Cc1ccco1)C(=O)NC1CCCCC1. The van der Waals surface area contributed by atoms with Crippen LogP contribution in [0.5, 0.6) is 0 Å². The van der Waals surface area contributed by atoms with E-state index in [0.717, 1.165) is 12.8 Å². The van der Waals surface area contributed by atoms with Gasteiger partial charge in [-0.25, -0.2) is 0 Å². The van der Waals surface area contributed by atoms with E-state index in [1.54, 1.807) is 18.4 Å². The third kappa shape index (κ3) is 3.36. The lowest BCUT2D eigenvalue weighted by Crippen LogP contribution is -2.40. The van der Waals surface area contributed by atoms with Crippen molar-refractivity contribution in [3.63, 3.8) is 0 Å². The Balaban J connectivity index is 1.87. The summed E-state index contributed by atoms with van der Waals surface area (Å²) in [6.45, 7) is 0. The molecule has 0 bridgehead atoms. The van der Waals surface area contributed by atoms with Gasteiger partial charge < -0.3 is 9.73 Å². The van der Waals surface area contributed by atoms with Crippen molar-refractivity contribution >= 4 is 5.91 Å². The van der Waals surface area contributed by atoms with Gasteiger partial charge in [0.15, 0.2) is 0 Å². The molecule has 0 saturated heterocycles. The molecule has 4 nitrogen and oxygen atoms in total. The van der Waals surface area contributed by atoms with Crippen LogP contribution in [0.1, 0.15) is 37.9 Å². The minimum atomic E-state index is -0.655. The molecule has 1 saturated carbocycles. The molecule has 96 valence electrons. The first-order valence-electron chi connectivity index (χ1n) is 6.52. The zero-order chi connectivity index (χ0) is 12.8. The van der Waals surface area contributed by atoms with E-state index in [0.29, 0.717) is 12.2 Å². The van der Waals surface area contributed by atoms with Gasteiger partial charge in [0.25, 0.3) is 0 Å². The molecule has 1 N–H and O–H groups in total. The van der Waals surface area contributed by atoms with E-state index in [4.69, 9.17) is 9.68 Å². The standard InChI is InChI=1S/C14H18N2O2/c15-10-11(9-13-7-4-8-18-13)14(17)16-12-5-2-1-3-6-12/h4,7-8,11-12H,1-3,5-6,9H2,(H,16,17). The fourth-order valence-electron chi connectivity index (χ4n) is 2.38. The molecule has 1 aliphatic rings. The number of hydrogen-bond donors (Lipinski definition) is 1. The zero-order valence-corrected chi connectivity index (χ0v) is 10.4. The van der Waals surface area contributed by atoms with Gasteiger partial charge in [-0.1, -0.05) is 19.3 Å². The molecule has 18 heavy (non-hydrogen) atoms. The molecule has 1 heterocycles. The average Bonchev–Trinajstić information content (AvgIpc) is 2.90. The zero-order valence-electron chi connectivity index (χ0n) is 10.4. The van der Waals surface area contributed by atoms with Crippen LogP contribution in [0, 0.1) is 17.2 Å². The Morgan fingerprint density at radius 1 is 1.50 bits per heavy atom. The predicted molar refractivity (Wildman–Crippen MR) is 66.5 cm³/mol. The minimum absolute atomic E-state index is 0.166. The first-order valence-corrected chi connectivity index (χ1v) is 6.52. The molecule has 1 aromatic heterocycles. The summed E-state index contributed by atoms with van der Waals surface area (Å²) in [5.74, 6) is -0.140. The van der Waals surface area contributed by atoms with Crippen LogP contribution in [0.2, 0.25) is 0 Å². The molecule has 0 aliphatic heterocycles. The van der Waals surface area contributed by atoms with Crippen molar-refractivity contribution in [1.29, 1.82) is 5.26 Å². The van der Waals surface area contributed by atoms with Crippen molar-refractivity contribution in [3.8, 4) is 6.07 Å². The molecule has 1 aliphatic carbocycles. The fraction of sp³-hybridized carbons (Fsp3) is 0.571. The monoisotopic (exact) mass is 246 g/mol. The van der Waals surface area contributed by atoms with Crippen LogP contribution < -0.4 is 5.32 Å². The number of carbonyl (C=O) groups is 1. The first-order chi connectivity index (χ1) is 8.79. The Hall–Kier alpha value is -1.76. The van der Waals surface area contributed by atoms with E-state index in [9.17, 15) is 4.79 Å². The molecule has 1 aromatic rings. The quantitative estimate of drug-likeness (QED) is 0.887. The number of rotatable bonds is 4. The molecule has 1 fully saturated rings. The average molecular weight is 246 g/mol. The van der Waals surface area contributed by atoms with Crippen LogP contribution in [-0.2, 0) is 11.2 Å². The summed E-state index contributed by atoms with van der Waals surface area (Å²) >= 11 is 0. The maximum Gasteiger partial charge on any atom is 0.238 e. The lowest BCUT2D eigenvalue weighted by atomic mass is 9.94. The van der Waals surface area contributed by atoms with Crippen molar-refractivity contribution in [2.45, 2.75) is 44.6 Å². The van der Waals surface area contributed by atoms with Gasteiger partial charge in [0, 0.05) is 12.5 Å². The number of furan rings is 1. The van der Waals surface area contributed by atoms with Crippen molar-refractivity contribution in [1.82, 2.24) is 5.32 Å². The second kappa shape index (κ2) is 6.25. The third-order valence-corrected chi connectivity index (χ3v) is 3.41. The van der Waals surface area contributed by atoms with Gasteiger partial charge in [0.1, 0.15) is 11.7 Å². The summed E-state index contributed by atoms with van der Waals surface area (Å²) in [7, 11) is 0. The van der Waals surface area contributed by atoms with Crippen LogP contribution in [0.4, 0.5) is 0 Å². The molecule has 0 radical (unpaired) electrons. The largest absolute Gasteiger partial charge is 0.469 e. The van der Waals surface area contributed by atoms with Gasteiger partial charge >= 0.3 is 0 Å². The summed E-state index contributed by atoms with van der Waals surface area (Å²) in [6.07, 6.45) is 7.56. The van der Waals surface area contributed by atoms with Gasteiger partial charge in [-0.05, 0) is 25.0 Å². The van der Waals surface area contributed by atoms with Crippen LogP contribution in [-0.4, -0.2) is 11.9 Å². The highest BCUT2D eigenvalue weighted by Gasteiger charge is 2.23. The summed E-state index contributed by atoms with van der Waals surface area (Å²) in [5.41, 5.74) is 0. The molecule has 0 spiro atoms. The van der Waals surface area contributed by atoms with Crippen LogP contribution in [0.15, 0.2) is 22.8 Å². The maximum absolute atomic E-state index is 12.0. The van der Waals surface area contributed by atoms with Gasteiger partial charge in [0.2, 0.25) is 5.91 Å². The van der Waals surface area contributed by atoms with Crippen LogP contribution >= 0.6 is 0 Å². The van der Waals surface area contributed by atoms with Crippen LogP contribution in [0.25, 0.3) is 0 Å². The van der Waals surface area contributed by atoms with E-state index in [-0.39, 0.29) is 11.9 Å². The molecule has 4 heteroatoms. The van der Waals surface area contributed by atoms with Gasteiger partial charge in [-0.15, -0.1) is 0 Å². The number of amides is 1. The van der Waals surface area contributed by atoms with Gasteiger partial charge in [0.05, 0.1) is 12.3 Å². The lowest BCUT2D eigenvalue weighted by Gasteiger charge is -2.23. The molecule has 0 aromatic carbocycles. The third-order valence-electron chi connectivity index (χ3n) is 3.41. The Labute approximate surface area is 107 Å². The Kier molecular flexibility index (Phi) is 4.40. The number of nitrogens with one attached hydrogen (secondary N) is 1. The maximum atomic E-state index is 12.0. The van der Waals surface area contributed by atoms with Crippen molar-refractivity contribution in [2.75, 3.05) is 0 Å². The van der Waals surface area contributed by atoms with Gasteiger partial charge in [-0.3, -0.25) is 4.79 Å². The minimum Gasteiger partial charge on any atom is -0.469 e. The van der Waals surface area contributed by atoms with Crippen molar-refractivity contribution in [2.24, 2.45) is 5.92 Å². The predicted octanol–water partition coefficient (Wildman–Crippen LogP) is 2.41. The molecule has 1 amide bonds. The lowest BCUT2D eigenvalue weighted by molar-refractivity contribution is -0.124. The molecule has 2 rings (SSSR count). The summed E-state index contributed by atoms with van der Waals surface area (Å²) in [4.78, 5) is 12.0. The Morgan fingerprint density at radius 2 is 2.28 bits per heavy atom. The molecular weight excluding hydrogens is 228 g/mol. The number of hydrogen-bond acceptors (Lipinski definition) is 3. The van der Waals surface area contributed by atoms with Gasteiger partial charge in [-0.2, -0.15) is 5.26 Å². The molecule has 1 atom stereocenters. The fourth-order valence-corrected chi connectivity index (χ4v) is 2.38. The first kappa shape index (κ1) is 12.7. The van der Waals surface area contributed by atoms with E-state index >= 15 is 0 Å². The Morgan fingerprint density at radius 3 is 2.89 bits per heavy atom. The van der Waals surface area contributed by atoms with E-state index in [1.807, 2.05) is 0 Å². The highest BCUT2D eigenvalue weighted by Crippen LogP contribution is 2.18. The number of nitriles is 1. The van der Waals surface area contributed by atoms with E-state index < -0.39 is 5.92 Å². The smallest absolute Gasteiger partial charge is 0.238 e. The second-order valence-corrected chi connectivity index (χ2v) is 4.81. The number of nitrogens with zero attached hydrogens (tertiary/aromatic N) is 1. The Bertz CT molecular complexity index is 414. The normalized spacial score (nSPS) is 17.9. The molecular formula is C14H18N2O2. The summed E-state index contributed by atoms with van der Waals surface area (Å²) < 4.78 is 5.17. The van der Waals surface area contributed by atoms with E-state index in [1.165, 1.54) is 19.3 Å². The van der Waals surface area contributed by atoms with Crippen LogP contribution in [0.3, 0.4) is 0 Å².